The van der Waals surface area contributed by atoms with E-state index in [9.17, 15) is 8.78 Å². The average molecular weight is 105 g/mol. The van der Waals surface area contributed by atoms with E-state index >= 15 is 0 Å². The first-order chi connectivity index (χ1) is 3.33. The van der Waals surface area contributed by atoms with Gasteiger partial charge in [-0.15, -0.1) is 0 Å². The van der Waals surface area contributed by atoms with Gasteiger partial charge in [0.1, 0.15) is 0 Å². The zero-order valence-corrected chi connectivity index (χ0v) is 3.95. The Bertz CT molecular complexity index is 60.5. The highest BCUT2D eigenvalue weighted by Crippen LogP contribution is 2.44. The summed E-state index contributed by atoms with van der Waals surface area (Å²) in [5.74, 6) is 0. The molecule has 0 amide bonds. The molecule has 1 aliphatic carbocycles. The van der Waals surface area contributed by atoms with Crippen LogP contribution in [-0.2, 0) is 0 Å². The van der Waals surface area contributed by atoms with Crippen molar-refractivity contribution in [3.63, 3.8) is 0 Å². The average Bonchev–Trinajstić information content (AvgIpc) is 2.46. The Balaban J connectivity index is 2.28. The van der Waals surface area contributed by atoms with E-state index < -0.39 is 18.8 Å². The molecule has 0 unspecified atom stereocenters. The maximum atomic E-state index is 11.6. The summed E-state index contributed by atoms with van der Waals surface area (Å²) in [6.07, 6.45) is 2.30. The van der Waals surface area contributed by atoms with Crippen LogP contribution in [0, 0.1) is 11.8 Å². The summed E-state index contributed by atoms with van der Waals surface area (Å²) >= 11 is 0. The maximum absolute atomic E-state index is 11.6. The van der Waals surface area contributed by atoms with Gasteiger partial charge in [-0.2, -0.15) is 0 Å². The Kier molecular flexibility index (Phi) is 1.02. The molecule has 0 bridgehead atoms. The van der Waals surface area contributed by atoms with Crippen LogP contribution >= 0.6 is 0 Å². The Morgan fingerprint density at radius 3 is 1.86 bits per heavy atom. The van der Waals surface area contributed by atoms with E-state index in [2.05, 4.69) is 0 Å². The number of hydrogen-bond donors (Lipinski definition) is 0. The largest absolute Gasteiger partial charge is 0.250 e. The molecule has 1 radical (unpaired) electrons. The van der Waals surface area contributed by atoms with Crippen molar-refractivity contribution in [2.75, 3.05) is 13.3 Å². The minimum atomic E-state index is -0.625. The normalized spacial score (nSPS) is 24.9. The zero-order chi connectivity index (χ0) is 5.33. The Labute approximate surface area is 41.5 Å². The Morgan fingerprint density at radius 2 is 1.86 bits per heavy atom. The van der Waals surface area contributed by atoms with E-state index in [1.165, 1.54) is 0 Å². The molecule has 0 aliphatic heterocycles. The van der Waals surface area contributed by atoms with Crippen molar-refractivity contribution in [3.8, 4) is 0 Å². The Morgan fingerprint density at radius 1 is 1.43 bits per heavy atom. The lowest BCUT2D eigenvalue weighted by Crippen LogP contribution is -2.04. The van der Waals surface area contributed by atoms with E-state index in [-0.39, 0.29) is 0 Å². The molecular formula is C5H7F2. The van der Waals surface area contributed by atoms with Gasteiger partial charge in [0, 0.05) is 5.41 Å². The van der Waals surface area contributed by atoms with Crippen molar-refractivity contribution in [2.24, 2.45) is 5.41 Å². The molecule has 0 N–H and O–H groups in total. The summed E-state index contributed by atoms with van der Waals surface area (Å²) < 4.78 is 23.1. The van der Waals surface area contributed by atoms with E-state index in [0.717, 1.165) is 0 Å². The second kappa shape index (κ2) is 1.42. The van der Waals surface area contributed by atoms with Crippen LogP contribution < -0.4 is 0 Å². The third-order valence-corrected chi connectivity index (χ3v) is 1.31. The summed E-state index contributed by atoms with van der Waals surface area (Å²) in [7, 11) is 0. The first-order valence-electron chi connectivity index (χ1n) is 2.29. The van der Waals surface area contributed by atoms with E-state index in [4.69, 9.17) is 0 Å². The SMILES string of the molecule is FCC1(CF)[CH]C1. The number of alkyl halides is 2. The second-order valence-corrected chi connectivity index (χ2v) is 2.04. The molecule has 1 rings (SSSR count). The predicted octanol–water partition coefficient (Wildman–Crippen LogP) is 1.52. The molecule has 1 fully saturated rings. The third-order valence-electron chi connectivity index (χ3n) is 1.31. The van der Waals surface area contributed by atoms with Gasteiger partial charge in [0.25, 0.3) is 0 Å². The summed E-state index contributed by atoms with van der Waals surface area (Å²) in [5.41, 5.74) is -0.625. The van der Waals surface area contributed by atoms with Crippen LogP contribution in [0.25, 0.3) is 0 Å². The molecule has 0 atom stereocenters. The highest BCUT2D eigenvalue weighted by molar-refractivity contribution is 5.09. The van der Waals surface area contributed by atoms with Crippen molar-refractivity contribution in [1.29, 1.82) is 0 Å². The highest BCUT2D eigenvalue weighted by Gasteiger charge is 2.43. The van der Waals surface area contributed by atoms with Crippen LogP contribution in [0.1, 0.15) is 6.42 Å². The number of rotatable bonds is 2. The van der Waals surface area contributed by atoms with Crippen LogP contribution in [0.4, 0.5) is 8.78 Å². The number of halogens is 2. The quantitative estimate of drug-likeness (QED) is 0.499. The summed E-state index contributed by atoms with van der Waals surface area (Å²) in [6, 6.07) is 0. The van der Waals surface area contributed by atoms with Crippen LogP contribution in [-0.4, -0.2) is 13.3 Å². The lowest BCUT2D eigenvalue weighted by atomic mass is 10.2. The van der Waals surface area contributed by atoms with Crippen molar-refractivity contribution < 1.29 is 8.78 Å². The van der Waals surface area contributed by atoms with Crippen molar-refractivity contribution in [3.05, 3.63) is 6.42 Å². The molecule has 2 heteroatoms. The summed E-state index contributed by atoms with van der Waals surface area (Å²) in [5, 5.41) is 0. The van der Waals surface area contributed by atoms with Crippen molar-refractivity contribution >= 4 is 0 Å². The fraction of sp³-hybridized carbons (Fsp3) is 0.800. The molecule has 0 aromatic heterocycles. The van der Waals surface area contributed by atoms with Gasteiger partial charge in [-0.3, -0.25) is 8.78 Å². The summed E-state index contributed by atoms with van der Waals surface area (Å²) in [6.45, 7) is -1.05. The zero-order valence-electron chi connectivity index (χ0n) is 3.95. The molecule has 1 saturated carbocycles. The third kappa shape index (κ3) is 0.740. The fourth-order valence-electron chi connectivity index (χ4n) is 0.398. The summed E-state index contributed by atoms with van der Waals surface area (Å²) in [4.78, 5) is 0. The molecule has 7 heavy (non-hydrogen) atoms. The van der Waals surface area contributed by atoms with Gasteiger partial charge in [-0.1, -0.05) is 0 Å². The van der Waals surface area contributed by atoms with E-state index in [1.807, 2.05) is 0 Å². The smallest absolute Gasteiger partial charge is 0.0978 e. The minimum absolute atomic E-state index is 0.524. The van der Waals surface area contributed by atoms with Crippen LogP contribution in [0.5, 0.6) is 0 Å². The van der Waals surface area contributed by atoms with Gasteiger partial charge in [-0.25, -0.2) is 0 Å². The van der Waals surface area contributed by atoms with Gasteiger partial charge in [0.15, 0.2) is 0 Å². The lowest BCUT2D eigenvalue weighted by molar-refractivity contribution is 0.281. The molecule has 0 nitrogen and oxygen atoms in total. The molecule has 0 saturated heterocycles. The Hall–Kier alpha value is -0.140. The minimum Gasteiger partial charge on any atom is -0.250 e. The van der Waals surface area contributed by atoms with Gasteiger partial charge in [0.2, 0.25) is 0 Å². The molecule has 0 aromatic carbocycles. The van der Waals surface area contributed by atoms with Crippen molar-refractivity contribution in [1.82, 2.24) is 0 Å². The van der Waals surface area contributed by atoms with Crippen LogP contribution in [0.3, 0.4) is 0 Å². The van der Waals surface area contributed by atoms with Crippen LogP contribution in [0.15, 0.2) is 0 Å². The maximum Gasteiger partial charge on any atom is 0.0978 e. The molecular weight excluding hydrogens is 98.1 g/mol. The first-order valence-corrected chi connectivity index (χ1v) is 2.29. The van der Waals surface area contributed by atoms with Gasteiger partial charge in [0.05, 0.1) is 13.3 Å². The second-order valence-electron chi connectivity index (χ2n) is 2.04. The molecule has 0 aromatic rings. The van der Waals surface area contributed by atoms with Crippen LogP contribution in [0.2, 0.25) is 0 Å². The van der Waals surface area contributed by atoms with E-state index in [1.54, 1.807) is 6.42 Å². The highest BCUT2D eigenvalue weighted by atomic mass is 19.1. The molecule has 0 heterocycles. The van der Waals surface area contributed by atoms with E-state index in [0.29, 0.717) is 6.42 Å². The van der Waals surface area contributed by atoms with Gasteiger partial charge < -0.3 is 0 Å². The fourth-order valence-corrected chi connectivity index (χ4v) is 0.398. The topological polar surface area (TPSA) is 0 Å². The monoisotopic (exact) mass is 105 g/mol. The molecule has 41 valence electrons. The number of hydrogen-bond acceptors (Lipinski definition) is 0. The molecule has 1 aliphatic rings. The lowest BCUT2D eigenvalue weighted by Gasteiger charge is -1.98. The van der Waals surface area contributed by atoms with Gasteiger partial charge in [-0.05, 0) is 12.8 Å². The van der Waals surface area contributed by atoms with Crippen molar-refractivity contribution in [2.45, 2.75) is 6.42 Å². The standard InChI is InChI=1S/C5H7F2/c6-3-5(4-7)1-2-5/h1H,2-4H2. The predicted molar refractivity (Wildman–Crippen MR) is 23.3 cm³/mol. The first kappa shape index (κ1) is 5.01. The van der Waals surface area contributed by atoms with Gasteiger partial charge >= 0.3 is 0 Å². The molecule has 0 spiro atoms.